The molecule has 2 heterocycles. The van der Waals surface area contributed by atoms with E-state index < -0.39 is 9.84 Å². The van der Waals surface area contributed by atoms with Gasteiger partial charge in [0.05, 0.1) is 10.6 Å². The first kappa shape index (κ1) is 23.4. The molecule has 0 saturated carbocycles. The average molecular weight is 476 g/mol. The zero-order valence-corrected chi connectivity index (χ0v) is 19.8. The number of amides is 1. The number of sulfone groups is 1. The van der Waals surface area contributed by atoms with Crippen LogP contribution in [-0.4, -0.2) is 24.3 Å². The molecule has 0 saturated heterocycles. The van der Waals surface area contributed by atoms with Crippen LogP contribution in [0.1, 0.15) is 39.9 Å². The van der Waals surface area contributed by atoms with Gasteiger partial charge in [0.2, 0.25) is 5.89 Å². The lowest BCUT2D eigenvalue weighted by Crippen LogP contribution is -2.22. The maximum Gasteiger partial charge on any atom is 0.251 e. The van der Waals surface area contributed by atoms with Gasteiger partial charge >= 0.3 is 0 Å². The number of nitrogens with one attached hydrogen (secondary N) is 1. The molecule has 0 radical (unpaired) electrons. The fourth-order valence-electron chi connectivity index (χ4n) is 3.43. The van der Waals surface area contributed by atoms with Gasteiger partial charge < -0.3 is 9.73 Å². The van der Waals surface area contributed by atoms with Gasteiger partial charge in [-0.15, -0.1) is 0 Å². The van der Waals surface area contributed by atoms with E-state index in [1.807, 2.05) is 31.2 Å². The lowest BCUT2D eigenvalue weighted by atomic mass is 10.1. The first-order chi connectivity index (χ1) is 16.4. The van der Waals surface area contributed by atoms with Crippen molar-refractivity contribution in [2.24, 2.45) is 0 Å². The summed E-state index contributed by atoms with van der Waals surface area (Å²) in [6, 6.07) is 17.4. The number of carbonyl (C=O) groups excluding carboxylic acids is 1. The Morgan fingerprint density at radius 1 is 1.00 bits per heavy atom. The van der Waals surface area contributed by atoms with Gasteiger partial charge in [-0.25, -0.2) is 13.4 Å². The van der Waals surface area contributed by atoms with Crippen LogP contribution in [-0.2, 0) is 28.6 Å². The molecule has 0 bridgehead atoms. The van der Waals surface area contributed by atoms with E-state index in [0.29, 0.717) is 35.0 Å². The van der Waals surface area contributed by atoms with Gasteiger partial charge in [-0.3, -0.25) is 9.78 Å². The minimum Gasteiger partial charge on any atom is -0.441 e. The highest BCUT2D eigenvalue weighted by molar-refractivity contribution is 7.90. The standard InChI is InChI=1S/C26H25N3O4S/c1-3-19-6-12-23(13-7-19)34(31,32)17-24-18(2)33-26(29-24)22-10-8-21(9-11-22)25(30)28-16-20-5-4-14-27-15-20/h4-15H,3,16-17H2,1-2H3,(H,28,30). The second kappa shape index (κ2) is 10.0. The molecule has 1 amide bonds. The van der Waals surface area contributed by atoms with Crippen LogP contribution in [0.5, 0.6) is 0 Å². The van der Waals surface area contributed by atoms with Crippen molar-refractivity contribution in [1.82, 2.24) is 15.3 Å². The van der Waals surface area contributed by atoms with E-state index in [0.717, 1.165) is 17.5 Å². The summed E-state index contributed by atoms with van der Waals surface area (Å²) in [6.07, 6.45) is 4.22. The molecule has 1 N–H and O–H groups in total. The quantitative estimate of drug-likeness (QED) is 0.402. The van der Waals surface area contributed by atoms with Crippen LogP contribution in [0.3, 0.4) is 0 Å². The van der Waals surface area contributed by atoms with Crippen molar-refractivity contribution in [3.05, 3.63) is 101 Å². The minimum atomic E-state index is -3.56. The Labute approximate surface area is 198 Å². The summed E-state index contributed by atoms with van der Waals surface area (Å²) in [4.78, 5) is 21.1. The summed E-state index contributed by atoms with van der Waals surface area (Å²) in [7, 11) is -3.56. The number of nitrogens with zero attached hydrogens (tertiary/aromatic N) is 2. The van der Waals surface area contributed by atoms with Crippen molar-refractivity contribution in [2.45, 2.75) is 37.5 Å². The number of aromatic nitrogens is 2. The molecule has 0 aliphatic rings. The maximum atomic E-state index is 12.9. The Bertz CT molecular complexity index is 1380. The summed E-state index contributed by atoms with van der Waals surface area (Å²) in [5.74, 6) is 0.302. The average Bonchev–Trinajstić information content (AvgIpc) is 3.22. The normalized spacial score (nSPS) is 11.4. The van der Waals surface area contributed by atoms with Crippen molar-refractivity contribution in [2.75, 3.05) is 0 Å². The third-order valence-electron chi connectivity index (χ3n) is 5.48. The molecular weight excluding hydrogens is 450 g/mol. The van der Waals surface area contributed by atoms with Gasteiger partial charge in [0, 0.05) is 30.1 Å². The van der Waals surface area contributed by atoms with E-state index in [4.69, 9.17) is 4.42 Å². The van der Waals surface area contributed by atoms with Crippen molar-refractivity contribution >= 4 is 15.7 Å². The number of aryl methyl sites for hydroxylation is 2. The van der Waals surface area contributed by atoms with Crippen LogP contribution in [0.15, 0.2) is 82.4 Å². The van der Waals surface area contributed by atoms with Gasteiger partial charge in [0.1, 0.15) is 11.5 Å². The Hall–Kier alpha value is -3.78. The molecule has 4 rings (SSSR count). The van der Waals surface area contributed by atoms with E-state index in [9.17, 15) is 13.2 Å². The zero-order chi connectivity index (χ0) is 24.1. The van der Waals surface area contributed by atoms with E-state index in [1.165, 1.54) is 0 Å². The Kier molecular flexibility index (Phi) is 6.88. The number of benzene rings is 2. The summed E-state index contributed by atoms with van der Waals surface area (Å²) in [5.41, 5.74) is 3.50. The first-order valence-electron chi connectivity index (χ1n) is 10.9. The highest BCUT2D eigenvalue weighted by Crippen LogP contribution is 2.25. The second-order valence-electron chi connectivity index (χ2n) is 7.90. The van der Waals surface area contributed by atoms with Crippen LogP contribution in [0.25, 0.3) is 11.5 Å². The topological polar surface area (TPSA) is 102 Å². The van der Waals surface area contributed by atoms with Crippen LogP contribution in [0.2, 0.25) is 0 Å². The monoisotopic (exact) mass is 475 g/mol. The number of pyridine rings is 1. The largest absolute Gasteiger partial charge is 0.441 e. The third kappa shape index (κ3) is 5.40. The molecule has 34 heavy (non-hydrogen) atoms. The Morgan fingerprint density at radius 3 is 2.38 bits per heavy atom. The molecule has 2 aromatic carbocycles. The Balaban J connectivity index is 1.45. The van der Waals surface area contributed by atoms with Gasteiger partial charge in [-0.05, 0) is 66.9 Å². The summed E-state index contributed by atoms with van der Waals surface area (Å²) < 4.78 is 31.4. The number of rotatable bonds is 8. The van der Waals surface area contributed by atoms with Crippen LogP contribution < -0.4 is 5.32 Å². The third-order valence-corrected chi connectivity index (χ3v) is 7.12. The van der Waals surface area contributed by atoms with E-state index in [2.05, 4.69) is 15.3 Å². The van der Waals surface area contributed by atoms with Crippen molar-refractivity contribution in [3.8, 4) is 11.5 Å². The highest BCUT2D eigenvalue weighted by Gasteiger charge is 2.21. The Morgan fingerprint density at radius 2 is 1.74 bits per heavy atom. The number of oxazole rings is 1. The second-order valence-corrected chi connectivity index (χ2v) is 9.89. The molecule has 8 heteroatoms. The van der Waals surface area contributed by atoms with E-state index >= 15 is 0 Å². The van der Waals surface area contributed by atoms with Crippen LogP contribution in [0, 0.1) is 6.92 Å². The summed E-state index contributed by atoms with van der Waals surface area (Å²) in [6.45, 7) is 4.10. The summed E-state index contributed by atoms with van der Waals surface area (Å²) >= 11 is 0. The summed E-state index contributed by atoms with van der Waals surface area (Å²) in [5, 5.41) is 2.85. The van der Waals surface area contributed by atoms with E-state index in [1.54, 1.807) is 55.7 Å². The molecule has 7 nitrogen and oxygen atoms in total. The van der Waals surface area contributed by atoms with Gasteiger partial charge in [-0.2, -0.15) is 0 Å². The molecule has 174 valence electrons. The molecule has 4 aromatic rings. The van der Waals surface area contributed by atoms with Gasteiger partial charge in [0.25, 0.3) is 5.91 Å². The molecule has 0 atom stereocenters. The van der Waals surface area contributed by atoms with Gasteiger partial charge in [-0.1, -0.05) is 25.1 Å². The van der Waals surface area contributed by atoms with Crippen molar-refractivity contribution in [1.29, 1.82) is 0 Å². The number of hydrogen-bond donors (Lipinski definition) is 1. The van der Waals surface area contributed by atoms with Crippen molar-refractivity contribution < 1.29 is 17.6 Å². The molecule has 0 aliphatic heterocycles. The smallest absolute Gasteiger partial charge is 0.251 e. The lowest BCUT2D eigenvalue weighted by Gasteiger charge is -2.05. The SMILES string of the molecule is CCc1ccc(S(=O)(=O)Cc2nc(-c3ccc(C(=O)NCc4cccnc4)cc3)oc2C)cc1. The minimum absolute atomic E-state index is 0.208. The van der Waals surface area contributed by atoms with Crippen molar-refractivity contribution in [3.63, 3.8) is 0 Å². The maximum absolute atomic E-state index is 12.9. The van der Waals surface area contributed by atoms with Gasteiger partial charge in [0.15, 0.2) is 9.84 Å². The predicted molar refractivity (Wildman–Crippen MR) is 129 cm³/mol. The van der Waals surface area contributed by atoms with E-state index in [-0.39, 0.29) is 16.6 Å². The molecule has 0 unspecified atom stereocenters. The van der Waals surface area contributed by atoms with Crippen LogP contribution >= 0.6 is 0 Å². The molecule has 0 fully saturated rings. The fourth-order valence-corrected chi connectivity index (χ4v) is 4.78. The number of carbonyl (C=O) groups is 1. The fraction of sp³-hybridized carbons (Fsp3) is 0.192. The molecule has 0 spiro atoms. The highest BCUT2D eigenvalue weighted by atomic mass is 32.2. The van der Waals surface area contributed by atoms with Crippen LogP contribution in [0.4, 0.5) is 0 Å². The predicted octanol–water partition coefficient (Wildman–Crippen LogP) is 4.51. The number of hydrogen-bond acceptors (Lipinski definition) is 6. The molecular formula is C26H25N3O4S. The molecule has 0 aliphatic carbocycles. The molecule has 2 aromatic heterocycles. The lowest BCUT2D eigenvalue weighted by molar-refractivity contribution is 0.0951. The zero-order valence-electron chi connectivity index (χ0n) is 19.0. The first-order valence-corrected chi connectivity index (χ1v) is 12.6.